The molecule has 0 bridgehead atoms. The van der Waals surface area contributed by atoms with Crippen LogP contribution in [-0.2, 0) is 0 Å². The van der Waals surface area contributed by atoms with Gasteiger partial charge < -0.3 is 0 Å². The number of hydrogen-bond donors (Lipinski definition) is 0. The largest absolute Gasteiger partial charge is 0.288 e. The lowest BCUT2D eigenvalue weighted by atomic mass is 10.2. The van der Waals surface area contributed by atoms with E-state index in [-0.39, 0.29) is 0 Å². The summed E-state index contributed by atoms with van der Waals surface area (Å²) in [5.74, 6) is 0. The van der Waals surface area contributed by atoms with E-state index in [1.165, 1.54) is 0 Å². The Hall–Kier alpha value is -0.123. The molecule has 0 aliphatic heterocycles. The molecule has 0 fully saturated rings. The van der Waals surface area contributed by atoms with Crippen LogP contribution in [0.4, 0.5) is 0 Å². The van der Waals surface area contributed by atoms with Crippen LogP contribution >= 0.6 is 0 Å². The zero-order chi connectivity index (χ0) is 11.7. The second-order valence-electron chi connectivity index (χ2n) is 3.56. The van der Waals surface area contributed by atoms with Gasteiger partial charge in [0.15, 0.2) is 0 Å². The fourth-order valence-electron chi connectivity index (χ4n) is 2.01. The minimum Gasteiger partial charge on any atom is -0.288 e. The van der Waals surface area contributed by atoms with E-state index in [2.05, 4.69) is 53.8 Å². The van der Waals surface area contributed by atoms with Crippen LogP contribution in [0.3, 0.4) is 0 Å². The number of hydrogen-bond acceptors (Lipinski definition) is 2. The normalized spacial score (nSPS) is 12.5. The summed E-state index contributed by atoms with van der Waals surface area (Å²) in [6.45, 7) is 13.4. The highest BCUT2D eigenvalue weighted by Crippen LogP contribution is 2.10. The van der Waals surface area contributed by atoms with Crippen LogP contribution in [0.25, 0.3) is 0 Å². The van der Waals surface area contributed by atoms with Crippen molar-refractivity contribution in [3.05, 3.63) is 11.8 Å². The van der Waals surface area contributed by atoms with Crippen molar-refractivity contribution in [1.82, 2.24) is 9.80 Å². The predicted molar refractivity (Wildman–Crippen MR) is 69.1 cm³/mol. The van der Waals surface area contributed by atoms with Crippen LogP contribution < -0.4 is 0 Å². The van der Waals surface area contributed by atoms with Gasteiger partial charge >= 0.3 is 0 Å². The van der Waals surface area contributed by atoms with Crippen LogP contribution in [0.1, 0.15) is 34.1 Å². The van der Waals surface area contributed by atoms with Crippen molar-refractivity contribution in [3.8, 4) is 0 Å². The van der Waals surface area contributed by atoms with Crippen molar-refractivity contribution in [1.29, 1.82) is 0 Å². The molecule has 0 unspecified atom stereocenters. The smallest absolute Gasteiger partial charge is 0.0657 e. The summed E-state index contributed by atoms with van der Waals surface area (Å²) >= 11 is 0. The molecule has 0 saturated carbocycles. The van der Waals surface area contributed by atoms with Crippen LogP contribution in [0.2, 0.25) is 0 Å². The minimum absolute atomic E-state index is 0.544. The fraction of sp³-hybridized carbons (Fsp3) is 0.833. The summed E-state index contributed by atoms with van der Waals surface area (Å²) in [5.41, 5.74) is 1.96. The van der Waals surface area contributed by atoms with E-state index in [1.807, 2.05) is 5.70 Å². The minimum atomic E-state index is 0.544. The molecule has 0 atom stereocenters. The van der Waals surface area contributed by atoms with E-state index in [0.29, 0.717) is 6.17 Å². The van der Waals surface area contributed by atoms with Gasteiger partial charge in [-0.1, -0.05) is 33.8 Å². The van der Waals surface area contributed by atoms with Gasteiger partial charge in [0.05, 0.1) is 16.4 Å². The van der Waals surface area contributed by atoms with E-state index in [4.69, 9.17) is 0 Å². The molecule has 2 nitrogen and oxygen atoms in total. The Bertz CT molecular complexity index is 151. The van der Waals surface area contributed by atoms with Gasteiger partial charge in [0, 0.05) is 0 Å². The van der Waals surface area contributed by atoms with Gasteiger partial charge in [-0.05, 0) is 32.6 Å². The molecule has 0 rings (SSSR count). The quantitative estimate of drug-likeness (QED) is 0.461. The highest BCUT2D eigenvalue weighted by molar-refractivity contribution is 6.16. The van der Waals surface area contributed by atoms with Gasteiger partial charge in [0.25, 0.3) is 0 Å². The van der Waals surface area contributed by atoms with E-state index in [0.717, 1.165) is 32.6 Å². The topological polar surface area (TPSA) is 6.48 Å². The molecular weight excluding hydrogens is 200 g/mol. The highest BCUT2D eigenvalue weighted by atomic mass is 28.1. The third kappa shape index (κ3) is 4.95. The summed E-state index contributed by atoms with van der Waals surface area (Å²) in [6, 6.07) is 0. The molecule has 0 aromatic carbocycles. The molecule has 0 aliphatic carbocycles. The average Bonchev–Trinajstić information content (AvgIpc) is 2.28. The molecule has 0 aromatic rings. The standard InChI is InChI=1S/C12H25N2Si/c1-5-13(6-2)12(10-9-11-15)14(7-3)8-4/h9,11-12H,5-8,10H2,1-4H3. The molecule has 87 valence electrons. The molecule has 3 radical (unpaired) electrons. The Morgan fingerprint density at radius 3 is 1.60 bits per heavy atom. The molecule has 0 amide bonds. The van der Waals surface area contributed by atoms with E-state index < -0.39 is 0 Å². The molecule has 0 N–H and O–H groups in total. The average molecular weight is 225 g/mol. The molecular formula is C12H25N2Si. The Morgan fingerprint density at radius 1 is 0.933 bits per heavy atom. The second-order valence-corrected chi connectivity index (χ2v) is 3.89. The Balaban J connectivity index is 4.51. The highest BCUT2D eigenvalue weighted by Gasteiger charge is 2.19. The lowest BCUT2D eigenvalue weighted by molar-refractivity contribution is 0.0590. The number of rotatable bonds is 8. The monoisotopic (exact) mass is 225 g/mol. The van der Waals surface area contributed by atoms with Gasteiger partial charge in [-0.25, -0.2) is 0 Å². The van der Waals surface area contributed by atoms with Gasteiger partial charge in [0.1, 0.15) is 0 Å². The maximum Gasteiger partial charge on any atom is 0.0657 e. The predicted octanol–water partition coefficient (Wildman–Crippen LogP) is 2.07. The summed E-state index contributed by atoms with van der Waals surface area (Å²) in [5, 5.41) is 0. The molecule has 0 aliphatic rings. The molecule has 15 heavy (non-hydrogen) atoms. The first-order valence-electron chi connectivity index (χ1n) is 6.05. The van der Waals surface area contributed by atoms with Gasteiger partial charge in [0.2, 0.25) is 0 Å². The molecule has 3 heteroatoms. The van der Waals surface area contributed by atoms with Crippen molar-refractivity contribution in [3.63, 3.8) is 0 Å². The Morgan fingerprint density at radius 2 is 1.33 bits per heavy atom. The number of nitrogens with zero attached hydrogens (tertiary/aromatic N) is 2. The Kier molecular flexibility index (Phi) is 9.05. The third-order valence-electron chi connectivity index (χ3n) is 2.93. The van der Waals surface area contributed by atoms with Crippen LogP contribution in [0, 0.1) is 0 Å². The first-order chi connectivity index (χ1) is 7.24. The van der Waals surface area contributed by atoms with E-state index >= 15 is 0 Å². The fourth-order valence-corrected chi connectivity index (χ4v) is 2.15. The zero-order valence-corrected chi connectivity index (χ0v) is 11.7. The zero-order valence-electron chi connectivity index (χ0n) is 10.7. The summed E-state index contributed by atoms with van der Waals surface area (Å²) in [6.07, 6.45) is 3.83. The van der Waals surface area contributed by atoms with Crippen LogP contribution in [0.15, 0.2) is 11.8 Å². The van der Waals surface area contributed by atoms with Crippen molar-refractivity contribution in [2.45, 2.75) is 40.3 Å². The summed E-state index contributed by atoms with van der Waals surface area (Å²) < 4.78 is 0. The van der Waals surface area contributed by atoms with Crippen LogP contribution in [-0.4, -0.2) is 52.4 Å². The SMILES string of the molecule is CCN(CC)C(CC=C[Si])N(CC)CC. The lowest BCUT2D eigenvalue weighted by Gasteiger charge is -2.37. The molecule has 0 aromatic heterocycles. The first kappa shape index (κ1) is 14.9. The van der Waals surface area contributed by atoms with Crippen molar-refractivity contribution in [2.75, 3.05) is 26.2 Å². The maximum atomic E-state index is 3.39. The van der Waals surface area contributed by atoms with Gasteiger partial charge in [-0.2, -0.15) is 0 Å². The van der Waals surface area contributed by atoms with Crippen LogP contribution in [0.5, 0.6) is 0 Å². The molecule has 0 heterocycles. The third-order valence-corrected chi connectivity index (χ3v) is 3.17. The van der Waals surface area contributed by atoms with Gasteiger partial charge in [-0.15, -0.1) is 5.70 Å². The second kappa shape index (κ2) is 9.13. The van der Waals surface area contributed by atoms with Crippen molar-refractivity contribution < 1.29 is 0 Å². The molecule has 0 saturated heterocycles. The molecule has 0 spiro atoms. The first-order valence-corrected chi connectivity index (χ1v) is 6.63. The lowest BCUT2D eigenvalue weighted by Crippen LogP contribution is -2.48. The van der Waals surface area contributed by atoms with Crippen molar-refractivity contribution in [2.24, 2.45) is 0 Å². The van der Waals surface area contributed by atoms with Crippen molar-refractivity contribution >= 4 is 10.2 Å². The summed E-state index contributed by atoms with van der Waals surface area (Å²) in [4.78, 5) is 5.03. The maximum absolute atomic E-state index is 3.39. The Labute approximate surface area is 98.8 Å². The summed E-state index contributed by atoms with van der Waals surface area (Å²) in [7, 11) is 3.39. The van der Waals surface area contributed by atoms with Gasteiger partial charge in [-0.3, -0.25) is 9.80 Å². The van der Waals surface area contributed by atoms with E-state index in [1.54, 1.807) is 0 Å². The van der Waals surface area contributed by atoms with E-state index in [9.17, 15) is 0 Å².